The lowest BCUT2D eigenvalue weighted by Crippen LogP contribution is -1.81. The molecule has 4 rings (SSSR count). The first kappa shape index (κ1) is 15.3. The maximum Gasteiger partial charge on any atom is -0.0152 e. The van der Waals surface area contributed by atoms with Crippen LogP contribution in [0.3, 0.4) is 0 Å². The third-order valence-electron chi connectivity index (χ3n) is 4.27. The summed E-state index contributed by atoms with van der Waals surface area (Å²) >= 11 is 0. The largest absolute Gasteiger partial charge is 0.0616 e. The Morgan fingerprint density at radius 3 is 1.74 bits per heavy atom. The third-order valence-corrected chi connectivity index (χ3v) is 4.27. The average Bonchev–Trinajstić information content (AvgIpc) is 2.62. The molecule has 0 amide bonds. The molecule has 0 N–H and O–H groups in total. The lowest BCUT2D eigenvalue weighted by Gasteiger charge is -2.02. The van der Waals surface area contributed by atoms with Crippen molar-refractivity contribution in [1.82, 2.24) is 0 Å². The lowest BCUT2D eigenvalue weighted by molar-refractivity contribution is 1.16. The molecule has 0 aliphatic heterocycles. The van der Waals surface area contributed by atoms with Crippen molar-refractivity contribution >= 4 is 21.5 Å². The second-order valence-electron chi connectivity index (χ2n) is 5.79. The van der Waals surface area contributed by atoms with Gasteiger partial charge >= 0.3 is 0 Å². The summed E-state index contributed by atoms with van der Waals surface area (Å²) in [6.07, 6.45) is 1.11. The van der Waals surface area contributed by atoms with Crippen LogP contribution in [0.15, 0.2) is 84.9 Å². The van der Waals surface area contributed by atoms with Crippen LogP contribution in [-0.2, 0) is 6.42 Å². The van der Waals surface area contributed by atoms with Crippen molar-refractivity contribution in [2.24, 2.45) is 0 Å². The normalized spacial score (nSPS) is 10.3. The predicted molar refractivity (Wildman–Crippen MR) is 102 cm³/mol. The fourth-order valence-electron chi connectivity index (χ4n) is 2.99. The van der Waals surface area contributed by atoms with E-state index < -0.39 is 0 Å². The molecule has 0 nitrogen and oxygen atoms in total. The number of rotatable bonds is 1. The fraction of sp³-hybridized carbons (Fsp3) is 0.130. The summed E-state index contributed by atoms with van der Waals surface area (Å²) in [4.78, 5) is 0. The van der Waals surface area contributed by atoms with Crippen LogP contribution >= 0.6 is 0 Å². The summed E-state index contributed by atoms with van der Waals surface area (Å²) in [7, 11) is 0. The summed E-state index contributed by atoms with van der Waals surface area (Å²) in [6, 6.07) is 29.8. The van der Waals surface area contributed by atoms with Gasteiger partial charge in [0.1, 0.15) is 0 Å². The summed E-state index contributed by atoms with van der Waals surface area (Å²) in [5.74, 6) is 0. The van der Waals surface area contributed by atoms with Crippen molar-refractivity contribution in [3.63, 3.8) is 0 Å². The van der Waals surface area contributed by atoms with E-state index >= 15 is 0 Å². The molecule has 0 heterocycles. The molecule has 0 aliphatic carbocycles. The molecule has 4 aromatic carbocycles. The van der Waals surface area contributed by atoms with Crippen LogP contribution in [0.25, 0.3) is 21.5 Å². The van der Waals surface area contributed by atoms with Gasteiger partial charge in [-0.1, -0.05) is 91.9 Å². The van der Waals surface area contributed by atoms with Crippen molar-refractivity contribution in [2.45, 2.75) is 20.3 Å². The Labute approximate surface area is 138 Å². The molecule has 0 saturated carbocycles. The molecule has 0 radical (unpaired) electrons. The first-order chi connectivity index (χ1) is 11.3. The second kappa shape index (κ2) is 7.11. The van der Waals surface area contributed by atoms with Gasteiger partial charge in [0.05, 0.1) is 0 Å². The fourth-order valence-corrected chi connectivity index (χ4v) is 2.99. The van der Waals surface area contributed by atoms with Crippen molar-refractivity contribution < 1.29 is 0 Å². The van der Waals surface area contributed by atoms with Crippen molar-refractivity contribution in [3.05, 3.63) is 96.1 Å². The molecule has 0 unspecified atom stereocenters. The molecule has 0 fully saturated rings. The van der Waals surface area contributed by atoms with E-state index in [-0.39, 0.29) is 0 Å². The van der Waals surface area contributed by atoms with Gasteiger partial charge in [-0.2, -0.15) is 0 Å². The van der Waals surface area contributed by atoms with Crippen molar-refractivity contribution in [1.29, 1.82) is 0 Å². The zero-order valence-electron chi connectivity index (χ0n) is 13.8. The molecule has 0 aromatic heterocycles. The van der Waals surface area contributed by atoms with Gasteiger partial charge in [0.25, 0.3) is 0 Å². The van der Waals surface area contributed by atoms with Gasteiger partial charge in [-0.15, -0.1) is 0 Å². The van der Waals surface area contributed by atoms with E-state index in [2.05, 4.69) is 98.8 Å². The van der Waals surface area contributed by atoms with Gasteiger partial charge < -0.3 is 0 Å². The molecule has 0 bridgehead atoms. The highest BCUT2D eigenvalue weighted by atomic mass is 14.0. The van der Waals surface area contributed by atoms with Crippen LogP contribution in [0.2, 0.25) is 0 Å². The Morgan fingerprint density at radius 1 is 0.565 bits per heavy atom. The highest BCUT2D eigenvalue weighted by Crippen LogP contribution is 2.18. The molecule has 0 saturated heterocycles. The van der Waals surface area contributed by atoms with Gasteiger partial charge in [0, 0.05) is 0 Å². The number of hydrogen-bond donors (Lipinski definition) is 0. The highest BCUT2D eigenvalue weighted by Gasteiger charge is 1.95. The Bertz CT molecular complexity index is 908. The van der Waals surface area contributed by atoms with Crippen LogP contribution < -0.4 is 0 Å². The summed E-state index contributed by atoms with van der Waals surface area (Å²) in [6.45, 7) is 4.34. The predicted octanol–water partition coefficient (Wildman–Crippen LogP) is 6.55. The summed E-state index contributed by atoms with van der Waals surface area (Å²) in [5.41, 5.74) is 2.79. The number of fused-ring (bicyclic) bond motifs is 2. The molecule has 0 spiro atoms. The number of hydrogen-bond acceptors (Lipinski definition) is 0. The second-order valence-corrected chi connectivity index (χ2v) is 5.79. The highest BCUT2D eigenvalue weighted by molar-refractivity contribution is 5.86. The lowest BCUT2D eigenvalue weighted by atomic mass is 10.0. The van der Waals surface area contributed by atoms with Crippen LogP contribution in [0.4, 0.5) is 0 Å². The minimum atomic E-state index is 1.11. The molecule has 0 aliphatic rings. The summed E-state index contributed by atoms with van der Waals surface area (Å²) < 4.78 is 0. The van der Waals surface area contributed by atoms with E-state index in [0.29, 0.717) is 0 Å². The molecule has 114 valence electrons. The zero-order chi connectivity index (χ0) is 16.1. The van der Waals surface area contributed by atoms with Crippen LogP contribution in [0.5, 0.6) is 0 Å². The Kier molecular flexibility index (Phi) is 4.73. The first-order valence-corrected chi connectivity index (χ1v) is 8.20. The van der Waals surface area contributed by atoms with E-state index in [0.717, 1.165) is 6.42 Å². The molecular formula is C23H22. The molecular weight excluding hydrogens is 276 g/mol. The van der Waals surface area contributed by atoms with Crippen molar-refractivity contribution in [2.75, 3.05) is 0 Å². The Morgan fingerprint density at radius 2 is 1.09 bits per heavy atom. The Balaban J connectivity index is 0.000000136. The number of benzene rings is 4. The quantitative estimate of drug-likeness (QED) is 0.374. The number of aryl methyl sites for hydroxylation is 2. The smallest absolute Gasteiger partial charge is 0.0152 e. The molecule has 0 heteroatoms. The minimum Gasteiger partial charge on any atom is -0.0616 e. The van der Waals surface area contributed by atoms with Crippen LogP contribution in [0, 0.1) is 6.92 Å². The monoisotopic (exact) mass is 298 g/mol. The van der Waals surface area contributed by atoms with Gasteiger partial charge in [0.2, 0.25) is 0 Å². The molecule has 4 aromatic rings. The zero-order valence-corrected chi connectivity index (χ0v) is 13.8. The van der Waals surface area contributed by atoms with Crippen LogP contribution in [-0.4, -0.2) is 0 Å². The minimum absolute atomic E-state index is 1.11. The van der Waals surface area contributed by atoms with E-state index in [1.165, 1.54) is 32.7 Å². The SMILES string of the molecule is CCc1cccc2ccccc12.Cc1cccc2ccccc12. The van der Waals surface area contributed by atoms with E-state index in [1.54, 1.807) is 0 Å². The Hall–Kier alpha value is -2.60. The van der Waals surface area contributed by atoms with E-state index in [1.807, 2.05) is 0 Å². The standard InChI is InChI=1S/C12H12.C11H10/c1-2-10-7-5-8-11-6-3-4-9-12(10)11;1-9-5-4-7-10-6-2-3-8-11(9)10/h3-9H,2H2,1H3;2-8H,1H3. The molecule has 23 heavy (non-hydrogen) atoms. The van der Waals surface area contributed by atoms with Crippen molar-refractivity contribution in [3.8, 4) is 0 Å². The van der Waals surface area contributed by atoms with Gasteiger partial charge in [0.15, 0.2) is 0 Å². The molecule has 0 atom stereocenters. The van der Waals surface area contributed by atoms with Crippen LogP contribution in [0.1, 0.15) is 18.1 Å². The van der Waals surface area contributed by atoms with Gasteiger partial charge in [-0.3, -0.25) is 0 Å². The topological polar surface area (TPSA) is 0 Å². The maximum atomic E-state index is 2.20. The van der Waals surface area contributed by atoms with E-state index in [9.17, 15) is 0 Å². The maximum absolute atomic E-state index is 2.20. The third kappa shape index (κ3) is 3.43. The van der Waals surface area contributed by atoms with Gasteiger partial charge in [-0.05, 0) is 46.0 Å². The van der Waals surface area contributed by atoms with E-state index in [4.69, 9.17) is 0 Å². The first-order valence-electron chi connectivity index (χ1n) is 8.20. The van der Waals surface area contributed by atoms with Gasteiger partial charge in [-0.25, -0.2) is 0 Å². The average molecular weight is 298 g/mol. The summed E-state index contributed by atoms with van der Waals surface area (Å²) in [5, 5.41) is 5.42.